The number of hydrogen-bond acceptors (Lipinski definition) is 6. The van der Waals surface area contributed by atoms with Crippen molar-refractivity contribution >= 4 is 13.3 Å². The van der Waals surface area contributed by atoms with E-state index in [-0.39, 0.29) is 12.2 Å². The van der Waals surface area contributed by atoms with E-state index in [0.29, 0.717) is 18.3 Å². The van der Waals surface area contributed by atoms with Gasteiger partial charge in [-0.25, -0.2) is 0 Å². The minimum Gasteiger partial charge on any atom is -0.427 e. The van der Waals surface area contributed by atoms with E-state index in [1.165, 1.54) is 11.1 Å². The molecule has 1 aliphatic rings. The van der Waals surface area contributed by atoms with E-state index in [2.05, 4.69) is 65.6 Å². The molecule has 0 radical (unpaired) electrons. The summed E-state index contributed by atoms with van der Waals surface area (Å²) in [7, 11) is -1.19. The fourth-order valence-electron chi connectivity index (χ4n) is 4.17. The van der Waals surface area contributed by atoms with Crippen LogP contribution in [0.15, 0.2) is 60.7 Å². The lowest BCUT2D eigenvalue weighted by Gasteiger charge is -2.45. The zero-order valence-corrected chi connectivity index (χ0v) is 18.0. The molecule has 3 rings (SSSR count). The average molecular weight is 424 g/mol. The van der Waals surface area contributed by atoms with Gasteiger partial charge in [-0.3, -0.25) is 4.90 Å². The Morgan fingerprint density at radius 1 is 0.935 bits per heavy atom. The summed E-state index contributed by atoms with van der Waals surface area (Å²) in [6.45, 7) is 1.94. The van der Waals surface area contributed by atoms with Crippen molar-refractivity contribution in [1.29, 1.82) is 0 Å². The summed E-state index contributed by atoms with van der Waals surface area (Å²) < 4.78 is 0. The number of rotatable bonds is 11. The summed E-state index contributed by atoms with van der Waals surface area (Å²) in [5.41, 5.74) is 9.13. The molecule has 1 saturated carbocycles. The Kier molecular flexibility index (Phi) is 11.2. The van der Waals surface area contributed by atoms with Crippen LogP contribution in [-0.4, -0.2) is 40.3 Å². The maximum atomic E-state index is 8.94. The normalized spacial score (nSPS) is 18.3. The summed E-state index contributed by atoms with van der Waals surface area (Å²) in [4.78, 5) is 18.8. The maximum Gasteiger partial charge on any atom is 0.451 e. The molecule has 4 N–H and O–H groups in total. The lowest BCUT2D eigenvalue weighted by atomic mass is 9.73. The van der Waals surface area contributed by atoms with Crippen molar-refractivity contribution in [2.45, 2.75) is 63.6 Å². The Bertz CT molecular complexity index is 722. The standard InChI is InChI=1S/C23H33BN2O2.CO2/c25-23(13-7-8-14-24(27)28)21-15-22(16-21)26(17-19-9-3-1-4-10-19)18-20-11-5-2-6-12-20;2-1-3/h1-6,9-12,21-23,27-28H,7-8,13-18,25H2;. The van der Waals surface area contributed by atoms with Crippen molar-refractivity contribution in [3.05, 3.63) is 71.8 Å². The molecule has 166 valence electrons. The van der Waals surface area contributed by atoms with Gasteiger partial charge >= 0.3 is 13.3 Å². The highest BCUT2D eigenvalue weighted by Crippen LogP contribution is 2.36. The van der Waals surface area contributed by atoms with Crippen LogP contribution >= 0.6 is 0 Å². The lowest BCUT2D eigenvalue weighted by Crippen LogP contribution is -2.49. The molecule has 1 aliphatic carbocycles. The predicted molar refractivity (Wildman–Crippen MR) is 120 cm³/mol. The largest absolute Gasteiger partial charge is 0.451 e. The van der Waals surface area contributed by atoms with Gasteiger partial charge in [-0.15, -0.1) is 0 Å². The van der Waals surface area contributed by atoms with Gasteiger partial charge in [0.2, 0.25) is 0 Å². The molecule has 0 amide bonds. The zero-order valence-electron chi connectivity index (χ0n) is 18.0. The number of nitrogens with two attached hydrogens (primary N) is 1. The first-order valence-electron chi connectivity index (χ1n) is 11.0. The molecule has 0 aromatic heterocycles. The minimum absolute atomic E-state index is 0.224. The van der Waals surface area contributed by atoms with Crippen LogP contribution in [-0.2, 0) is 22.7 Å². The summed E-state index contributed by atoms with van der Waals surface area (Å²) in [6, 6.07) is 22.2. The molecule has 2 aromatic rings. The average Bonchev–Trinajstić information content (AvgIpc) is 2.72. The second-order valence-electron chi connectivity index (χ2n) is 8.27. The molecule has 0 aliphatic heterocycles. The first-order chi connectivity index (χ1) is 15.0. The molecule has 0 saturated heterocycles. The van der Waals surface area contributed by atoms with E-state index < -0.39 is 7.12 Å². The molecular formula is C24H33BN2O4. The van der Waals surface area contributed by atoms with Crippen molar-refractivity contribution in [3.8, 4) is 0 Å². The van der Waals surface area contributed by atoms with Crippen LogP contribution in [0.3, 0.4) is 0 Å². The van der Waals surface area contributed by atoms with E-state index in [9.17, 15) is 0 Å². The highest BCUT2D eigenvalue weighted by molar-refractivity contribution is 6.40. The summed E-state index contributed by atoms with van der Waals surface area (Å²) in [5, 5.41) is 17.9. The summed E-state index contributed by atoms with van der Waals surface area (Å²) >= 11 is 0. The summed E-state index contributed by atoms with van der Waals surface area (Å²) in [5.74, 6) is 0.582. The molecule has 2 aromatic carbocycles. The number of nitrogens with zero attached hydrogens (tertiary/aromatic N) is 1. The number of hydrogen-bond donors (Lipinski definition) is 3. The Morgan fingerprint density at radius 2 is 1.42 bits per heavy atom. The SMILES string of the molecule is NC(CCCCB(O)O)C1CC(N(Cc2ccccc2)Cc2ccccc2)C1.O=C=O. The second kappa shape index (κ2) is 13.9. The van der Waals surface area contributed by atoms with Gasteiger partial charge in [-0.05, 0) is 42.6 Å². The van der Waals surface area contributed by atoms with Crippen LogP contribution in [0.1, 0.15) is 43.2 Å². The van der Waals surface area contributed by atoms with Gasteiger partial charge in [0.15, 0.2) is 0 Å². The predicted octanol–water partition coefficient (Wildman–Crippen LogP) is 2.85. The Morgan fingerprint density at radius 3 is 1.87 bits per heavy atom. The number of benzene rings is 2. The highest BCUT2D eigenvalue weighted by Gasteiger charge is 2.36. The van der Waals surface area contributed by atoms with E-state index in [0.717, 1.165) is 45.2 Å². The molecule has 0 bridgehead atoms. The first-order valence-corrected chi connectivity index (χ1v) is 11.0. The van der Waals surface area contributed by atoms with E-state index in [4.69, 9.17) is 25.4 Å². The van der Waals surface area contributed by atoms with Gasteiger partial charge in [0, 0.05) is 25.2 Å². The molecule has 1 fully saturated rings. The number of carbonyl (C=O) groups excluding carboxylic acids is 2. The fraction of sp³-hybridized carbons (Fsp3) is 0.458. The highest BCUT2D eigenvalue weighted by atomic mass is 16.4. The minimum atomic E-state index is -1.19. The molecule has 0 spiro atoms. The van der Waals surface area contributed by atoms with Crippen molar-refractivity contribution < 1.29 is 19.6 Å². The molecule has 7 heteroatoms. The maximum absolute atomic E-state index is 8.94. The van der Waals surface area contributed by atoms with Crippen LogP contribution in [0.2, 0.25) is 6.32 Å². The van der Waals surface area contributed by atoms with Gasteiger partial charge < -0.3 is 15.8 Å². The molecule has 0 heterocycles. The van der Waals surface area contributed by atoms with E-state index in [1.54, 1.807) is 0 Å². The van der Waals surface area contributed by atoms with Crippen LogP contribution in [0.25, 0.3) is 0 Å². The van der Waals surface area contributed by atoms with Crippen molar-refractivity contribution in [2.75, 3.05) is 0 Å². The molecule has 1 atom stereocenters. The van der Waals surface area contributed by atoms with Gasteiger partial charge in [-0.1, -0.05) is 73.5 Å². The molecule has 1 unspecified atom stereocenters. The van der Waals surface area contributed by atoms with Crippen molar-refractivity contribution in [3.63, 3.8) is 0 Å². The monoisotopic (exact) mass is 424 g/mol. The number of unbranched alkanes of at least 4 members (excludes halogenated alkanes) is 1. The molecule has 6 nitrogen and oxygen atoms in total. The zero-order chi connectivity index (χ0) is 22.5. The van der Waals surface area contributed by atoms with E-state index >= 15 is 0 Å². The van der Waals surface area contributed by atoms with Crippen LogP contribution in [0.5, 0.6) is 0 Å². The lowest BCUT2D eigenvalue weighted by molar-refractivity contribution is -0.191. The first kappa shape index (κ1) is 25.0. The van der Waals surface area contributed by atoms with Gasteiger partial charge in [0.1, 0.15) is 0 Å². The van der Waals surface area contributed by atoms with Gasteiger partial charge in [0.05, 0.1) is 0 Å². The molecule has 31 heavy (non-hydrogen) atoms. The van der Waals surface area contributed by atoms with Crippen molar-refractivity contribution in [1.82, 2.24) is 4.90 Å². The summed E-state index contributed by atoms with van der Waals surface area (Å²) in [6.07, 6.45) is 5.78. The second-order valence-corrected chi connectivity index (χ2v) is 8.27. The Labute approximate surface area is 185 Å². The van der Waals surface area contributed by atoms with Crippen molar-refractivity contribution in [2.24, 2.45) is 11.7 Å². The smallest absolute Gasteiger partial charge is 0.427 e. The quantitative estimate of drug-likeness (QED) is 0.379. The molecular weight excluding hydrogens is 391 g/mol. The van der Waals surface area contributed by atoms with Crippen LogP contribution in [0, 0.1) is 5.92 Å². The topological polar surface area (TPSA) is 104 Å². The third kappa shape index (κ3) is 9.17. The Hall–Kier alpha value is -2.28. The van der Waals surface area contributed by atoms with Gasteiger partial charge in [0.25, 0.3) is 0 Å². The van der Waals surface area contributed by atoms with E-state index in [1.807, 2.05) is 0 Å². The Balaban J connectivity index is 0.00000107. The third-order valence-corrected chi connectivity index (χ3v) is 5.98. The fourth-order valence-corrected chi connectivity index (χ4v) is 4.17. The van der Waals surface area contributed by atoms with Crippen LogP contribution in [0.4, 0.5) is 0 Å². The third-order valence-electron chi connectivity index (χ3n) is 5.98. The van der Waals surface area contributed by atoms with Gasteiger partial charge in [-0.2, -0.15) is 9.59 Å². The van der Waals surface area contributed by atoms with Crippen LogP contribution < -0.4 is 5.73 Å².